The monoisotopic (exact) mass is 425 g/mol. The van der Waals surface area contributed by atoms with Crippen LogP contribution in [0.15, 0.2) is 42.5 Å². The second kappa shape index (κ2) is 8.75. The first-order valence-electron chi connectivity index (χ1n) is 10.1. The van der Waals surface area contributed by atoms with Gasteiger partial charge in [0.1, 0.15) is 0 Å². The molecular formula is C25H28ClNO3. The molecule has 0 saturated carbocycles. The van der Waals surface area contributed by atoms with Crippen molar-refractivity contribution in [3.05, 3.63) is 64.3 Å². The highest BCUT2D eigenvalue weighted by Crippen LogP contribution is 2.40. The van der Waals surface area contributed by atoms with Gasteiger partial charge in [0.05, 0.1) is 17.7 Å². The number of hydrogen-bond donors (Lipinski definition) is 0. The van der Waals surface area contributed by atoms with Gasteiger partial charge < -0.3 is 9.47 Å². The summed E-state index contributed by atoms with van der Waals surface area (Å²) in [7, 11) is 0. The van der Waals surface area contributed by atoms with E-state index in [4.69, 9.17) is 26.1 Å². The zero-order valence-electron chi connectivity index (χ0n) is 18.4. The van der Waals surface area contributed by atoms with Crippen LogP contribution in [-0.2, 0) is 14.3 Å². The van der Waals surface area contributed by atoms with E-state index >= 15 is 0 Å². The Labute approximate surface area is 183 Å². The minimum absolute atomic E-state index is 0.284. The second-order valence-electron chi connectivity index (χ2n) is 8.37. The van der Waals surface area contributed by atoms with Crippen LogP contribution in [-0.4, -0.2) is 23.2 Å². The third-order valence-electron chi connectivity index (χ3n) is 4.75. The minimum Gasteiger partial charge on any atom is -0.464 e. The molecule has 0 aliphatic heterocycles. The molecule has 0 aliphatic rings. The number of nitrogens with zero attached hydrogens (tertiary/aromatic N) is 1. The summed E-state index contributed by atoms with van der Waals surface area (Å²) < 4.78 is 11.7. The van der Waals surface area contributed by atoms with Gasteiger partial charge in [-0.3, -0.25) is 4.98 Å². The molecule has 0 bridgehead atoms. The summed E-state index contributed by atoms with van der Waals surface area (Å²) in [5, 5.41) is 1.61. The molecule has 0 N–H and O–H groups in total. The number of carbonyl (C=O) groups is 1. The molecule has 0 fully saturated rings. The topological polar surface area (TPSA) is 48.4 Å². The van der Waals surface area contributed by atoms with Crippen molar-refractivity contribution in [2.45, 2.75) is 53.2 Å². The molecule has 1 heterocycles. The zero-order chi connectivity index (χ0) is 22.1. The van der Waals surface area contributed by atoms with E-state index in [1.165, 1.54) is 0 Å². The molecule has 3 aromatic rings. The standard InChI is InChI=1S/C25H28ClNO3/c1-7-29-24(28)23(30-25(4,5)6)21-15(2)14-20-19(13-8-16(3)27-20)22(21)17-9-11-18(26)12-10-17/h8-14,23H,7H2,1-6H3/t23-/m0/s1. The first-order valence-corrected chi connectivity index (χ1v) is 10.5. The molecule has 0 spiro atoms. The van der Waals surface area contributed by atoms with Crippen LogP contribution in [0.2, 0.25) is 5.02 Å². The summed E-state index contributed by atoms with van der Waals surface area (Å²) in [5.41, 5.74) is 4.85. The lowest BCUT2D eigenvalue weighted by atomic mass is 9.88. The van der Waals surface area contributed by atoms with Crippen LogP contribution >= 0.6 is 11.6 Å². The van der Waals surface area contributed by atoms with Gasteiger partial charge in [-0.15, -0.1) is 0 Å². The molecule has 30 heavy (non-hydrogen) atoms. The fourth-order valence-corrected chi connectivity index (χ4v) is 3.71. The zero-order valence-corrected chi connectivity index (χ0v) is 19.1. The van der Waals surface area contributed by atoms with Gasteiger partial charge in [-0.2, -0.15) is 0 Å². The second-order valence-corrected chi connectivity index (χ2v) is 8.81. The summed E-state index contributed by atoms with van der Waals surface area (Å²) in [4.78, 5) is 17.7. The average molecular weight is 426 g/mol. The fourth-order valence-electron chi connectivity index (χ4n) is 3.59. The third-order valence-corrected chi connectivity index (χ3v) is 5.00. The maximum absolute atomic E-state index is 13.0. The number of ether oxygens (including phenoxy) is 2. The highest BCUT2D eigenvalue weighted by Gasteiger charge is 2.32. The van der Waals surface area contributed by atoms with Crippen molar-refractivity contribution in [3.63, 3.8) is 0 Å². The number of halogens is 1. The van der Waals surface area contributed by atoms with Gasteiger partial charge in [0.2, 0.25) is 0 Å². The van der Waals surface area contributed by atoms with E-state index in [1.807, 2.05) is 77.1 Å². The molecule has 0 aliphatic carbocycles. The van der Waals surface area contributed by atoms with Gasteiger partial charge in [0, 0.05) is 21.7 Å². The molecule has 0 radical (unpaired) electrons. The Morgan fingerprint density at radius 2 is 1.77 bits per heavy atom. The molecule has 1 atom stereocenters. The molecule has 0 amide bonds. The lowest BCUT2D eigenvalue weighted by Gasteiger charge is -2.29. The summed E-state index contributed by atoms with van der Waals surface area (Å²) in [6.07, 6.45) is -0.860. The quantitative estimate of drug-likeness (QED) is 0.432. The first-order chi connectivity index (χ1) is 14.1. The Hall–Kier alpha value is -2.43. The Morgan fingerprint density at radius 3 is 2.37 bits per heavy atom. The molecule has 5 heteroatoms. The van der Waals surface area contributed by atoms with Gasteiger partial charge in [-0.25, -0.2) is 4.79 Å². The van der Waals surface area contributed by atoms with Crippen LogP contribution in [0, 0.1) is 13.8 Å². The Balaban J connectivity index is 2.37. The number of benzene rings is 2. The van der Waals surface area contributed by atoms with Crippen LogP contribution in [0.1, 0.15) is 50.6 Å². The van der Waals surface area contributed by atoms with Gasteiger partial charge in [-0.05, 0) is 82.5 Å². The molecule has 0 saturated heterocycles. The molecule has 0 unspecified atom stereocenters. The number of fused-ring (bicyclic) bond motifs is 1. The smallest absolute Gasteiger partial charge is 0.339 e. The SMILES string of the molecule is CCOC(=O)[C@@H](OC(C)(C)C)c1c(C)cc2nc(C)ccc2c1-c1ccc(Cl)cc1. The van der Waals surface area contributed by atoms with E-state index in [1.54, 1.807) is 6.92 Å². The third kappa shape index (κ3) is 4.82. The number of carbonyl (C=O) groups excluding carboxylic acids is 1. The van der Waals surface area contributed by atoms with Crippen LogP contribution < -0.4 is 0 Å². The van der Waals surface area contributed by atoms with Crippen LogP contribution in [0.5, 0.6) is 0 Å². The Morgan fingerprint density at radius 1 is 1.10 bits per heavy atom. The van der Waals surface area contributed by atoms with E-state index in [9.17, 15) is 4.79 Å². The van der Waals surface area contributed by atoms with E-state index in [-0.39, 0.29) is 6.61 Å². The summed E-state index contributed by atoms with van der Waals surface area (Å²) in [5.74, 6) is -0.398. The Kier molecular flexibility index (Phi) is 6.49. The minimum atomic E-state index is -0.860. The van der Waals surface area contributed by atoms with Crippen molar-refractivity contribution in [3.8, 4) is 11.1 Å². The van der Waals surface area contributed by atoms with E-state index in [2.05, 4.69) is 0 Å². The Bertz CT molecular complexity index is 1070. The number of aryl methyl sites for hydroxylation is 2. The van der Waals surface area contributed by atoms with Crippen molar-refractivity contribution in [1.82, 2.24) is 4.98 Å². The summed E-state index contributed by atoms with van der Waals surface area (Å²) >= 11 is 6.14. The van der Waals surface area contributed by atoms with Crippen LogP contribution in [0.4, 0.5) is 0 Å². The highest BCUT2D eigenvalue weighted by molar-refractivity contribution is 6.30. The van der Waals surface area contributed by atoms with Gasteiger partial charge in [0.15, 0.2) is 6.10 Å². The van der Waals surface area contributed by atoms with E-state index in [0.717, 1.165) is 38.9 Å². The summed E-state index contributed by atoms with van der Waals surface area (Å²) in [6.45, 7) is 11.8. The maximum atomic E-state index is 13.0. The highest BCUT2D eigenvalue weighted by atomic mass is 35.5. The molecule has 2 aromatic carbocycles. The molecule has 3 rings (SSSR count). The van der Waals surface area contributed by atoms with Crippen molar-refractivity contribution in [2.75, 3.05) is 6.61 Å². The van der Waals surface area contributed by atoms with Gasteiger partial charge in [0.25, 0.3) is 0 Å². The number of esters is 1. The number of pyridine rings is 1. The van der Waals surface area contributed by atoms with Crippen molar-refractivity contribution >= 4 is 28.5 Å². The van der Waals surface area contributed by atoms with Crippen LogP contribution in [0.3, 0.4) is 0 Å². The molecule has 158 valence electrons. The maximum Gasteiger partial charge on any atom is 0.339 e. The van der Waals surface area contributed by atoms with Crippen LogP contribution in [0.25, 0.3) is 22.0 Å². The average Bonchev–Trinajstić information content (AvgIpc) is 2.65. The van der Waals surface area contributed by atoms with Crippen molar-refractivity contribution in [2.24, 2.45) is 0 Å². The lowest BCUT2D eigenvalue weighted by molar-refractivity contribution is -0.166. The lowest BCUT2D eigenvalue weighted by Crippen LogP contribution is -2.29. The first kappa shape index (κ1) is 22.3. The van der Waals surface area contributed by atoms with Gasteiger partial charge in [-0.1, -0.05) is 29.8 Å². The summed E-state index contributed by atoms with van der Waals surface area (Å²) in [6, 6.07) is 13.6. The normalized spacial score (nSPS) is 12.8. The largest absolute Gasteiger partial charge is 0.464 e. The van der Waals surface area contributed by atoms with Crippen molar-refractivity contribution in [1.29, 1.82) is 0 Å². The predicted molar refractivity (Wildman–Crippen MR) is 122 cm³/mol. The molecule has 4 nitrogen and oxygen atoms in total. The number of hydrogen-bond acceptors (Lipinski definition) is 4. The van der Waals surface area contributed by atoms with E-state index < -0.39 is 17.7 Å². The number of rotatable bonds is 5. The van der Waals surface area contributed by atoms with Gasteiger partial charge >= 0.3 is 5.97 Å². The number of aromatic nitrogens is 1. The fraction of sp³-hybridized carbons (Fsp3) is 0.360. The predicted octanol–water partition coefficient (Wildman–Crippen LogP) is 6.59. The molecule has 1 aromatic heterocycles. The van der Waals surface area contributed by atoms with Crippen molar-refractivity contribution < 1.29 is 14.3 Å². The molecular weight excluding hydrogens is 398 g/mol. The van der Waals surface area contributed by atoms with E-state index in [0.29, 0.717) is 5.02 Å².